The Bertz CT molecular complexity index is 1010. The maximum atomic E-state index is 12.5. The van der Waals surface area contributed by atoms with Crippen LogP contribution < -0.4 is 10.1 Å². The lowest BCUT2D eigenvalue weighted by atomic mass is 10.1. The van der Waals surface area contributed by atoms with E-state index in [4.69, 9.17) is 9.47 Å². The lowest BCUT2D eigenvalue weighted by Gasteiger charge is -2.34. The van der Waals surface area contributed by atoms with Crippen molar-refractivity contribution in [2.45, 2.75) is 33.6 Å². The third kappa shape index (κ3) is 8.40. The van der Waals surface area contributed by atoms with Gasteiger partial charge in [-0.3, -0.25) is 19.3 Å². The predicted molar refractivity (Wildman–Crippen MR) is 134 cm³/mol. The molecule has 1 aliphatic rings. The number of ether oxygens (including phenoxy) is 2. The monoisotopic (exact) mass is 481 g/mol. The molecule has 8 nitrogen and oxygen atoms in total. The zero-order valence-corrected chi connectivity index (χ0v) is 20.8. The second-order valence-electron chi connectivity index (χ2n) is 8.90. The van der Waals surface area contributed by atoms with Gasteiger partial charge in [-0.2, -0.15) is 0 Å². The average Bonchev–Trinajstić information content (AvgIpc) is 2.83. The molecule has 0 saturated carbocycles. The highest BCUT2D eigenvalue weighted by molar-refractivity contribution is 5.93. The minimum absolute atomic E-state index is 0.0671. The van der Waals surface area contributed by atoms with Crippen LogP contribution >= 0.6 is 0 Å². The molecular weight excluding hydrogens is 446 g/mol. The molecule has 8 heteroatoms. The van der Waals surface area contributed by atoms with E-state index >= 15 is 0 Å². The summed E-state index contributed by atoms with van der Waals surface area (Å²) in [6.45, 7) is 8.54. The number of carbonyl (C=O) groups excluding carboxylic acids is 3. The first-order valence-corrected chi connectivity index (χ1v) is 12.0. The topological polar surface area (TPSA) is 88.2 Å². The number of carbonyl (C=O) groups is 3. The highest BCUT2D eigenvalue weighted by Crippen LogP contribution is 2.19. The highest BCUT2D eigenvalue weighted by Gasteiger charge is 2.23. The maximum absolute atomic E-state index is 12.5. The minimum atomic E-state index is -0.409. The Balaban J connectivity index is 1.29. The molecule has 35 heavy (non-hydrogen) atoms. The highest BCUT2D eigenvalue weighted by atomic mass is 16.5. The summed E-state index contributed by atoms with van der Waals surface area (Å²) in [6, 6.07) is 13.6. The summed E-state index contributed by atoms with van der Waals surface area (Å²) in [5.74, 6) is 0.0833. The number of benzene rings is 2. The number of rotatable bonds is 10. The fraction of sp³-hybridized carbons (Fsp3) is 0.444. The summed E-state index contributed by atoms with van der Waals surface area (Å²) in [6.07, 6.45) is 0.714. The second kappa shape index (κ2) is 12.9. The number of hydrogen-bond donors (Lipinski definition) is 1. The summed E-state index contributed by atoms with van der Waals surface area (Å²) in [5.41, 5.74) is 4.03. The summed E-state index contributed by atoms with van der Waals surface area (Å²) in [4.78, 5) is 40.6. The van der Waals surface area contributed by atoms with Gasteiger partial charge in [0.25, 0.3) is 5.91 Å². The zero-order chi connectivity index (χ0) is 25.2. The van der Waals surface area contributed by atoms with E-state index < -0.39 is 5.97 Å². The van der Waals surface area contributed by atoms with E-state index in [1.807, 2.05) is 68.1 Å². The van der Waals surface area contributed by atoms with Gasteiger partial charge in [0.2, 0.25) is 5.91 Å². The molecule has 2 aromatic rings. The Labute approximate surface area is 207 Å². The van der Waals surface area contributed by atoms with Crippen LogP contribution in [0.3, 0.4) is 0 Å². The summed E-state index contributed by atoms with van der Waals surface area (Å²) >= 11 is 0. The van der Waals surface area contributed by atoms with Crippen LogP contribution in [0.1, 0.15) is 29.5 Å². The van der Waals surface area contributed by atoms with Gasteiger partial charge in [0.05, 0.1) is 13.2 Å². The fourth-order valence-electron chi connectivity index (χ4n) is 3.97. The quantitative estimate of drug-likeness (QED) is 0.415. The molecule has 0 aromatic heterocycles. The van der Waals surface area contributed by atoms with Gasteiger partial charge in [0, 0.05) is 38.3 Å². The molecular formula is C27H35N3O5. The van der Waals surface area contributed by atoms with Crippen molar-refractivity contribution in [3.05, 3.63) is 59.2 Å². The smallest absolute Gasteiger partial charge is 0.306 e. The van der Waals surface area contributed by atoms with Crippen molar-refractivity contribution in [3.8, 4) is 5.75 Å². The first-order valence-electron chi connectivity index (χ1n) is 12.0. The van der Waals surface area contributed by atoms with Gasteiger partial charge >= 0.3 is 5.97 Å². The van der Waals surface area contributed by atoms with Crippen molar-refractivity contribution in [2.24, 2.45) is 0 Å². The Morgan fingerprint density at radius 3 is 2.31 bits per heavy atom. The van der Waals surface area contributed by atoms with Gasteiger partial charge in [0.1, 0.15) is 5.75 Å². The van der Waals surface area contributed by atoms with Crippen molar-refractivity contribution < 1.29 is 23.9 Å². The van der Waals surface area contributed by atoms with E-state index in [0.717, 1.165) is 28.1 Å². The summed E-state index contributed by atoms with van der Waals surface area (Å²) < 4.78 is 10.8. The number of aryl methyl sites for hydroxylation is 3. The lowest BCUT2D eigenvalue weighted by Crippen LogP contribution is -2.51. The lowest BCUT2D eigenvalue weighted by molar-refractivity contribution is -0.153. The van der Waals surface area contributed by atoms with Crippen LogP contribution in [0, 0.1) is 20.8 Å². The molecule has 1 heterocycles. The number of amides is 2. The summed E-state index contributed by atoms with van der Waals surface area (Å²) in [5, 5.41) is 3.00. The van der Waals surface area contributed by atoms with Crippen LogP contribution in [0.4, 0.5) is 5.69 Å². The number of piperazine rings is 1. The zero-order valence-electron chi connectivity index (χ0n) is 20.8. The van der Waals surface area contributed by atoms with E-state index in [-0.39, 0.29) is 31.4 Å². The standard InChI is InChI=1S/C27H35N3O5/c1-20-7-4-10-23(17-20)34-16-6-11-26(33)35-19-25(32)30-14-12-29(13-15-30)18-24(31)28-27-21(2)8-5-9-22(27)3/h4-5,7-10,17H,6,11-16,18-19H2,1-3H3,(H,28,31). The van der Waals surface area contributed by atoms with Crippen LogP contribution in [0.2, 0.25) is 0 Å². The number of hydrogen-bond acceptors (Lipinski definition) is 6. The van der Waals surface area contributed by atoms with Crippen LogP contribution in [-0.2, 0) is 19.1 Å². The third-order valence-electron chi connectivity index (χ3n) is 5.98. The Hall–Kier alpha value is -3.39. The van der Waals surface area contributed by atoms with Gasteiger partial charge in [0.15, 0.2) is 6.61 Å². The molecule has 3 rings (SSSR count). The Morgan fingerprint density at radius 1 is 0.943 bits per heavy atom. The molecule has 2 aromatic carbocycles. The van der Waals surface area contributed by atoms with Crippen molar-refractivity contribution >= 4 is 23.5 Å². The van der Waals surface area contributed by atoms with Gasteiger partial charge in [-0.05, 0) is 56.0 Å². The van der Waals surface area contributed by atoms with Crippen molar-refractivity contribution in [1.82, 2.24) is 9.80 Å². The first-order chi connectivity index (χ1) is 16.8. The molecule has 0 bridgehead atoms. The number of para-hydroxylation sites is 1. The van der Waals surface area contributed by atoms with Crippen LogP contribution in [0.15, 0.2) is 42.5 Å². The molecule has 1 aliphatic heterocycles. The van der Waals surface area contributed by atoms with E-state index in [1.54, 1.807) is 4.90 Å². The Morgan fingerprint density at radius 2 is 1.63 bits per heavy atom. The number of nitrogens with zero attached hydrogens (tertiary/aromatic N) is 2. The van der Waals surface area contributed by atoms with E-state index in [2.05, 4.69) is 5.32 Å². The molecule has 0 spiro atoms. The van der Waals surface area contributed by atoms with Crippen molar-refractivity contribution in [1.29, 1.82) is 0 Å². The number of esters is 1. The van der Waals surface area contributed by atoms with Crippen molar-refractivity contribution in [3.63, 3.8) is 0 Å². The number of nitrogens with one attached hydrogen (secondary N) is 1. The van der Waals surface area contributed by atoms with E-state index in [1.165, 1.54) is 0 Å². The van der Waals surface area contributed by atoms with E-state index in [0.29, 0.717) is 39.2 Å². The van der Waals surface area contributed by atoms with Gasteiger partial charge in [-0.25, -0.2) is 0 Å². The van der Waals surface area contributed by atoms with Crippen molar-refractivity contribution in [2.75, 3.05) is 51.3 Å². The molecule has 1 N–H and O–H groups in total. The first kappa shape index (κ1) is 26.2. The molecule has 188 valence electrons. The van der Waals surface area contributed by atoms with Crippen LogP contribution in [-0.4, -0.2) is 73.5 Å². The maximum Gasteiger partial charge on any atom is 0.306 e. The Kier molecular flexibility index (Phi) is 9.66. The summed E-state index contributed by atoms with van der Waals surface area (Å²) in [7, 11) is 0. The SMILES string of the molecule is Cc1cccc(OCCCC(=O)OCC(=O)N2CCN(CC(=O)Nc3c(C)cccc3C)CC2)c1. The third-order valence-corrected chi connectivity index (χ3v) is 5.98. The number of anilines is 1. The second-order valence-corrected chi connectivity index (χ2v) is 8.90. The predicted octanol–water partition coefficient (Wildman–Crippen LogP) is 3.10. The molecule has 0 atom stereocenters. The largest absolute Gasteiger partial charge is 0.494 e. The van der Waals surface area contributed by atoms with Gasteiger partial charge < -0.3 is 19.7 Å². The van der Waals surface area contributed by atoms with E-state index in [9.17, 15) is 14.4 Å². The average molecular weight is 482 g/mol. The molecule has 0 aliphatic carbocycles. The molecule has 1 saturated heterocycles. The molecule has 2 amide bonds. The minimum Gasteiger partial charge on any atom is -0.494 e. The van der Waals surface area contributed by atoms with Crippen LogP contribution in [0.25, 0.3) is 0 Å². The van der Waals surface area contributed by atoms with Crippen LogP contribution in [0.5, 0.6) is 5.75 Å². The molecule has 1 fully saturated rings. The normalized spacial score (nSPS) is 13.9. The molecule has 0 radical (unpaired) electrons. The fourth-order valence-corrected chi connectivity index (χ4v) is 3.97. The molecule has 0 unspecified atom stereocenters. The van der Waals surface area contributed by atoms with Gasteiger partial charge in [-0.15, -0.1) is 0 Å². The van der Waals surface area contributed by atoms with Gasteiger partial charge in [-0.1, -0.05) is 30.3 Å².